The van der Waals surface area contributed by atoms with Gasteiger partial charge in [-0.2, -0.15) is 0 Å². The van der Waals surface area contributed by atoms with E-state index in [1.807, 2.05) is 6.92 Å². The number of amides is 3. The van der Waals surface area contributed by atoms with Gasteiger partial charge in [0.2, 0.25) is 11.8 Å². The molecule has 27 heavy (non-hydrogen) atoms. The molecule has 0 radical (unpaired) electrons. The summed E-state index contributed by atoms with van der Waals surface area (Å²) in [5, 5.41) is 2.60. The Bertz CT molecular complexity index is 837. The van der Waals surface area contributed by atoms with Gasteiger partial charge in [-0.1, -0.05) is 43.0 Å². The zero-order valence-corrected chi connectivity index (χ0v) is 15.6. The molecular weight excluding hydrogens is 367 g/mol. The molecule has 0 spiro atoms. The van der Waals surface area contributed by atoms with Crippen LogP contribution in [0, 0.1) is 5.82 Å². The number of benzene rings is 2. The fourth-order valence-electron chi connectivity index (χ4n) is 2.81. The average molecular weight is 386 g/mol. The van der Waals surface area contributed by atoms with E-state index in [0.717, 1.165) is 22.9 Å². The maximum atomic E-state index is 13.0. The van der Waals surface area contributed by atoms with Crippen LogP contribution >= 0.6 is 11.8 Å². The van der Waals surface area contributed by atoms with Gasteiger partial charge >= 0.3 is 0 Å². The highest BCUT2D eigenvalue weighted by Gasteiger charge is 2.29. The molecule has 1 unspecified atom stereocenters. The molecule has 0 saturated carbocycles. The number of anilines is 1. The van der Waals surface area contributed by atoms with Crippen molar-refractivity contribution >= 4 is 34.5 Å². The molecule has 0 bridgehead atoms. The molecule has 5 nitrogen and oxygen atoms in total. The van der Waals surface area contributed by atoms with Crippen molar-refractivity contribution in [2.45, 2.75) is 25.8 Å². The number of thioether (sulfide) groups is 1. The molecule has 1 saturated heterocycles. The van der Waals surface area contributed by atoms with Crippen molar-refractivity contribution in [2.75, 3.05) is 11.1 Å². The number of hydrogen-bond donors (Lipinski definition) is 1. The summed E-state index contributed by atoms with van der Waals surface area (Å²) >= 11 is 1.01. The van der Waals surface area contributed by atoms with Gasteiger partial charge in [0.25, 0.3) is 5.24 Å². The third kappa shape index (κ3) is 4.95. The summed E-state index contributed by atoms with van der Waals surface area (Å²) in [5.74, 6) is -0.460. The van der Waals surface area contributed by atoms with Crippen molar-refractivity contribution in [1.29, 1.82) is 0 Å². The molecule has 3 rings (SSSR count). The first kappa shape index (κ1) is 19.1. The van der Waals surface area contributed by atoms with Gasteiger partial charge in [0.15, 0.2) is 0 Å². The fraction of sp³-hybridized carbons (Fsp3) is 0.250. The van der Waals surface area contributed by atoms with Crippen LogP contribution in [0.2, 0.25) is 0 Å². The Labute approximate surface area is 160 Å². The highest BCUT2D eigenvalue weighted by Crippen LogP contribution is 2.23. The van der Waals surface area contributed by atoms with Crippen LogP contribution in [0.15, 0.2) is 48.5 Å². The second kappa shape index (κ2) is 8.35. The fourth-order valence-corrected chi connectivity index (χ4v) is 3.53. The van der Waals surface area contributed by atoms with Crippen molar-refractivity contribution in [3.05, 3.63) is 65.5 Å². The van der Waals surface area contributed by atoms with E-state index in [1.54, 1.807) is 36.4 Å². The predicted molar refractivity (Wildman–Crippen MR) is 103 cm³/mol. The minimum Gasteiger partial charge on any atom is -0.326 e. The van der Waals surface area contributed by atoms with Crippen LogP contribution in [-0.2, 0) is 16.1 Å². The van der Waals surface area contributed by atoms with Gasteiger partial charge in [0.05, 0.1) is 12.3 Å². The second-order valence-corrected chi connectivity index (χ2v) is 7.36. The molecule has 0 aromatic heterocycles. The highest BCUT2D eigenvalue weighted by atomic mass is 32.2. The summed E-state index contributed by atoms with van der Waals surface area (Å²) in [6.45, 7) is 2.15. The first-order valence-electron chi connectivity index (χ1n) is 8.54. The Balaban J connectivity index is 1.54. The van der Waals surface area contributed by atoms with Gasteiger partial charge in [0, 0.05) is 12.1 Å². The summed E-state index contributed by atoms with van der Waals surface area (Å²) in [4.78, 5) is 36.7. The van der Waals surface area contributed by atoms with Crippen LogP contribution in [0.4, 0.5) is 14.9 Å². The van der Waals surface area contributed by atoms with E-state index < -0.39 is 0 Å². The van der Waals surface area contributed by atoms with Gasteiger partial charge in [0.1, 0.15) is 5.82 Å². The van der Waals surface area contributed by atoms with E-state index in [2.05, 4.69) is 5.32 Å². The molecule has 1 fully saturated rings. The standard InChI is InChI=1S/C20H19FN2O3S/c1-13(15-4-6-16(21)7-5-15)10-18(24)22-17-8-2-14(3-9-17)11-23-19(25)12-27-20(23)26/h2-9,13H,10-12H2,1H3,(H,22,24). The van der Waals surface area contributed by atoms with Gasteiger partial charge < -0.3 is 5.32 Å². The number of rotatable bonds is 6. The molecule has 1 atom stereocenters. The third-order valence-corrected chi connectivity index (χ3v) is 5.21. The first-order valence-corrected chi connectivity index (χ1v) is 9.52. The molecule has 2 aromatic rings. The van der Waals surface area contributed by atoms with Crippen molar-refractivity contribution in [3.8, 4) is 0 Å². The Morgan fingerprint density at radius 1 is 1.15 bits per heavy atom. The Morgan fingerprint density at radius 2 is 1.81 bits per heavy atom. The zero-order chi connectivity index (χ0) is 19.4. The molecule has 3 amide bonds. The number of halogens is 1. The van der Waals surface area contributed by atoms with Crippen molar-refractivity contribution in [3.63, 3.8) is 0 Å². The van der Waals surface area contributed by atoms with Gasteiger partial charge in [-0.15, -0.1) is 0 Å². The van der Waals surface area contributed by atoms with Crippen molar-refractivity contribution < 1.29 is 18.8 Å². The molecule has 2 aromatic carbocycles. The normalized spacial score (nSPS) is 15.1. The zero-order valence-electron chi connectivity index (χ0n) is 14.8. The maximum Gasteiger partial charge on any atom is 0.289 e. The quantitative estimate of drug-likeness (QED) is 0.810. The lowest BCUT2D eigenvalue weighted by atomic mass is 9.97. The predicted octanol–water partition coefficient (Wildman–Crippen LogP) is 4.15. The summed E-state index contributed by atoms with van der Waals surface area (Å²) in [5.41, 5.74) is 2.36. The van der Waals surface area contributed by atoms with E-state index in [4.69, 9.17) is 0 Å². The summed E-state index contributed by atoms with van der Waals surface area (Å²) in [6, 6.07) is 13.2. The molecule has 0 aliphatic carbocycles. The lowest BCUT2D eigenvalue weighted by molar-refractivity contribution is -0.125. The molecule has 140 valence electrons. The second-order valence-electron chi connectivity index (χ2n) is 6.44. The molecule has 1 N–H and O–H groups in total. The number of nitrogens with one attached hydrogen (secondary N) is 1. The van der Waals surface area contributed by atoms with Crippen molar-refractivity contribution in [1.82, 2.24) is 4.90 Å². The number of imide groups is 1. The van der Waals surface area contributed by atoms with E-state index in [0.29, 0.717) is 5.69 Å². The van der Waals surface area contributed by atoms with Crippen LogP contribution in [0.1, 0.15) is 30.4 Å². The lowest BCUT2D eigenvalue weighted by Crippen LogP contribution is -2.27. The molecule has 1 heterocycles. The molecule has 7 heteroatoms. The van der Waals surface area contributed by atoms with Gasteiger partial charge in [-0.3, -0.25) is 19.3 Å². The van der Waals surface area contributed by atoms with Crippen molar-refractivity contribution in [2.24, 2.45) is 0 Å². The highest BCUT2D eigenvalue weighted by molar-refractivity contribution is 8.14. The van der Waals surface area contributed by atoms with Crippen LogP contribution in [-0.4, -0.2) is 27.7 Å². The Kier molecular flexibility index (Phi) is 5.91. The number of carbonyl (C=O) groups excluding carboxylic acids is 3. The van der Waals surface area contributed by atoms with Crippen LogP contribution in [0.5, 0.6) is 0 Å². The van der Waals surface area contributed by atoms with Crippen LogP contribution < -0.4 is 5.32 Å². The maximum absolute atomic E-state index is 13.0. The van der Waals surface area contributed by atoms with E-state index >= 15 is 0 Å². The average Bonchev–Trinajstić information content (AvgIpc) is 2.95. The van der Waals surface area contributed by atoms with E-state index in [-0.39, 0.29) is 47.5 Å². The number of hydrogen-bond acceptors (Lipinski definition) is 4. The SMILES string of the molecule is CC(CC(=O)Nc1ccc(CN2C(=O)CSC2=O)cc1)c1ccc(F)cc1. The third-order valence-electron chi connectivity index (χ3n) is 4.35. The Hall–Kier alpha value is -2.67. The number of carbonyl (C=O) groups is 3. The largest absolute Gasteiger partial charge is 0.326 e. The summed E-state index contributed by atoms with van der Waals surface area (Å²) < 4.78 is 13.0. The lowest BCUT2D eigenvalue weighted by Gasteiger charge is -2.14. The minimum atomic E-state index is -0.300. The van der Waals surface area contributed by atoms with Crippen LogP contribution in [0.3, 0.4) is 0 Å². The van der Waals surface area contributed by atoms with Gasteiger partial charge in [-0.05, 0) is 41.3 Å². The van der Waals surface area contributed by atoms with Crippen LogP contribution in [0.25, 0.3) is 0 Å². The molecular formula is C20H19FN2O3S. The monoisotopic (exact) mass is 386 g/mol. The first-order chi connectivity index (χ1) is 12.9. The number of nitrogens with zero attached hydrogens (tertiary/aromatic N) is 1. The minimum absolute atomic E-state index is 0.0328. The Morgan fingerprint density at radius 3 is 2.41 bits per heavy atom. The molecule has 1 aliphatic heterocycles. The summed E-state index contributed by atoms with van der Waals surface area (Å²) in [7, 11) is 0. The smallest absolute Gasteiger partial charge is 0.289 e. The topological polar surface area (TPSA) is 66.5 Å². The van der Waals surface area contributed by atoms with E-state index in [1.165, 1.54) is 17.0 Å². The van der Waals surface area contributed by atoms with Gasteiger partial charge in [-0.25, -0.2) is 4.39 Å². The molecule has 1 aliphatic rings. The van der Waals surface area contributed by atoms with E-state index in [9.17, 15) is 18.8 Å². The summed E-state index contributed by atoms with van der Waals surface area (Å²) in [6.07, 6.45) is 0.279.